The molecule has 0 aliphatic carbocycles. The van der Waals surface area contributed by atoms with Crippen molar-refractivity contribution in [1.82, 2.24) is 4.98 Å². The van der Waals surface area contributed by atoms with Gasteiger partial charge in [0, 0.05) is 27.4 Å². The Morgan fingerprint density at radius 1 is 1.31 bits per heavy atom. The number of hydrogen-bond donors (Lipinski definition) is 0. The number of thiophene rings is 1. The highest BCUT2D eigenvalue weighted by Gasteiger charge is 2.15. The van der Waals surface area contributed by atoms with E-state index in [-0.39, 0.29) is 5.41 Å². The lowest BCUT2D eigenvalue weighted by atomic mass is 9.91. The lowest BCUT2D eigenvalue weighted by Gasteiger charge is -2.17. The van der Waals surface area contributed by atoms with Crippen molar-refractivity contribution in [3.63, 3.8) is 0 Å². The fourth-order valence-electron chi connectivity index (χ4n) is 1.27. The highest BCUT2D eigenvalue weighted by molar-refractivity contribution is 7.17. The van der Waals surface area contributed by atoms with Crippen LogP contribution in [0, 0.1) is 0 Å². The molecule has 0 atom stereocenters. The second-order valence-electron chi connectivity index (χ2n) is 4.28. The van der Waals surface area contributed by atoms with E-state index < -0.39 is 0 Å². The number of rotatable bonds is 0. The molecule has 0 saturated carbocycles. The number of fused-ring (bicyclic) bond motifs is 1. The Hall–Kier alpha value is -0.890. The molecule has 0 unspecified atom stereocenters. The Labute approximate surface area is 82.4 Å². The quantitative estimate of drug-likeness (QED) is 0.620. The Morgan fingerprint density at radius 2 is 2.08 bits per heavy atom. The van der Waals surface area contributed by atoms with Crippen molar-refractivity contribution in [3.05, 3.63) is 29.4 Å². The molecular formula is C11H13NS. The van der Waals surface area contributed by atoms with Gasteiger partial charge in [-0.1, -0.05) is 20.8 Å². The van der Waals surface area contributed by atoms with Crippen LogP contribution in [0.1, 0.15) is 26.5 Å². The van der Waals surface area contributed by atoms with Crippen molar-refractivity contribution in [1.29, 1.82) is 0 Å². The molecule has 13 heavy (non-hydrogen) atoms. The number of hydrogen-bond acceptors (Lipinski definition) is 2. The monoisotopic (exact) mass is 191 g/mol. The standard InChI is InChI=1S/C11H13NS/c1-11(2,3)10-6-9-8(7-12-10)4-5-13-9/h4-7H,1-3H3. The summed E-state index contributed by atoms with van der Waals surface area (Å²) in [5.41, 5.74) is 1.32. The summed E-state index contributed by atoms with van der Waals surface area (Å²) in [6.07, 6.45) is 1.96. The molecular weight excluding hydrogens is 178 g/mol. The van der Waals surface area contributed by atoms with Crippen LogP contribution in [0.4, 0.5) is 0 Å². The highest BCUT2D eigenvalue weighted by atomic mass is 32.1. The predicted molar refractivity (Wildman–Crippen MR) is 58.3 cm³/mol. The minimum absolute atomic E-state index is 0.151. The van der Waals surface area contributed by atoms with Crippen molar-refractivity contribution in [2.45, 2.75) is 26.2 Å². The Balaban J connectivity index is 2.61. The molecule has 1 nitrogen and oxygen atoms in total. The van der Waals surface area contributed by atoms with Gasteiger partial charge in [0.2, 0.25) is 0 Å². The summed E-state index contributed by atoms with van der Waals surface area (Å²) in [4.78, 5) is 4.46. The van der Waals surface area contributed by atoms with Gasteiger partial charge in [-0.3, -0.25) is 4.98 Å². The molecule has 2 heterocycles. The van der Waals surface area contributed by atoms with Crippen LogP contribution in [0.2, 0.25) is 0 Å². The van der Waals surface area contributed by atoms with Gasteiger partial charge in [0.15, 0.2) is 0 Å². The van der Waals surface area contributed by atoms with Crippen LogP contribution < -0.4 is 0 Å². The van der Waals surface area contributed by atoms with Crippen molar-refractivity contribution < 1.29 is 0 Å². The highest BCUT2D eigenvalue weighted by Crippen LogP contribution is 2.26. The molecule has 68 valence electrons. The first-order valence-electron chi connectivity index (χ1n) is 4.41. The zero-order valence-corrected chi connectivity index (χ0v) is 8.98. The van der Waals surface area contributed by atoms with Crippen LogP contribution in [0.25, 0.3) is 10.1 Å². The fraction of sp³-hybridized carbons (Fsp3) is 0.364. The smallest absolute Gasteiger partial charge is 0.0471 e. The van der Waals surface area contributed by atoms with Crippen LogP contribution >= 0.6 is 11.3 Å². The van der Waals surface area contributed by atoms with Crippen LogP contribution in [-0.2, 0) is 5.41 Å². The maximum absolute atomic E-state index is 4.46. The van der Waals surface area contributed by atoms with Gasteiger partial charge in [0.05, 0.1) is 0 Å². The minimum Gasteiger partial charge on any atom is -0.260 e. The molecule has 0 saturated heterocycles. The summed E-state index contributed by atoms with van der Waals surface area (Å²) in [5, 5.41) is 3.36. The molecule has 0 spiro atoms. The minimum atomic E-state index is 0.151. The summed E-state index contributed by atoms with van der Waals surface area (Å²) < 4.78 is 1.33. The third-order valence-electron chi connectivity index (χ3n) is 2.11. The third-order valence-corrected chi connectivity index (χ3v) is 2.99. The summed E-state index contributed by atoms with van der Waals surface area (Å²) in [7, 11) is 0. The first kappa shape index (κ1) is 8.70. The summed E-state index contributed by atoms with van der Waals surface area (Å²) in [5.74, 6) is 0. The fourth-order valence-corrected chi connectivity index (χ4v) is 2.06. The summed E-state index contributed by atoms with van der Waals surface area (Å²) in [6, 6.07) is 4.30. The average Bonchev–Trinajstić information content (AvgIpc) is 2.47. The summed E-state index contributed by atoms with van der Waals surface area (Å²) >= 11 is 1.78. The molecule has 0 N–H and O–H groups in total. The summed E-state index contributed by atoms with van der Waals surface area (Å²) in [6.45, 7) is 6.57. The van der Waals surface area contributed by atoms with Crippen molar-refractivity contribution in [2.75, 3.05) is 0 Å². The van der Waals surface area contributed by atoms with E-state index in [1.54, 1.807) is 11.3 Å². The Kier molecular flexibility index (Phi) is 1.88. The van der Waals surface area contributed by atoms with E-state index in [1.807, 2.05) is 6.20 Å². The molecule has 0 bridgehead atoms. The average molecular weight is 191 g/mol. The molecule has 0 aliphatic heterocycles. The van der Waals surface area contributed by atoms with Gasteiger partial charge in [-0.25, -0.2) is 0 Å². The van der Waals surface area contributed by atoms with Crippen LogP contribution in [0.5, 0.6) is 0 Å². The molecule has 0 aliphatic rings. The number of pyridine rings is 1. The largest absolute Gasteiger partial charge is 0.260 e. The van der Waals surface area contributed by atoms with Gasteiger partial charge >= 0.3 is 0 Å². The van der Waals surface area contributed by atoms with Crippen LogP contribution in [-0.4, -0.2) is 4.98 Å². The first-order valence-corrected chi connectivity index (χ1v) is 5.29. The van der Waals surface area contributed by atoms with Gasteiger partial charge in [-0.2, -0.15) is 0 Å². The van der Waals surface area contributed by atoms with Crippen LogP contribution in [0.3, 0.4) is 0 Å². The molecule has 0 aromatic carbocycles. The molecule has 2 rings (SSSR count). The Morgan fingerprint density at radius 3 is 2.77 bits per heavy atom. The van der Waals surface area contributed by atoms with Gasteiger partial charge in [-0.15, -0.1) is 11.3 Å². The van der Waals surface area contributed by atoms with Gasteiger partial charge in [0.1, 0.15) is 0 Å². The molecule has 2 aromatic heterocycles. The SMILES string of the molecule is CC(C)(C)c1cc2sccc2cn1. The zero-order chi connectivity index (χ0) is 9.47. The van der Waals surface area contributed by atoms with Gasteiger partial charge in [0.25, 0.3) is 0 Å². The lowest BCUT2D eigenvalue weighted by Crippen LogP contribution is -2.12. The van der Waals surface area contributed by atoms with Gasteiger partial charge < -0.3 is 0 Å². The van der Waals surface area contributed by atoms with E-state index >= 15 is 0 Å². The first-order chi connectivity index (χ1) is 6.07. The maximum atomic E-state index is 4.46. The molecule has 0 fully saturated rings. The molecule has 2 heteroatoms. The normalized spacial score (nSPS) is 12.2. The van der Waals surface area contributed by atoms with Gasteiger partial charge in [-0.05, 0) is 17.5 Å². The van der Waals surface area contributed by atoms with E-state index in [2.05, 4.69) is 43.3 Å². The number of aromatic nitrogens is 1. The predicted octanol–water partition coefficient (Wildman–Crippen LogP) is 3.59. The van der Waals surface area contributed by atoms with Crippen molar-refractivity contribution >= 4 is 21.4 Å². The van der Waals surface area contributed by atoms with Crippen molar-refractivity contribution in [2.24, 2.45) is 0 Å². The molecule has 0 radical (unpaired) electrons. The van der Waals surface area contributed by atoms with E-state index in [0.717, 1.165) is 0 Å². The van der Waals surface area contributed by atoms with Crippen molar-refractivity contribution in [3.8, 4) is 0 Å². The van der Waals surface area contributed by atoms with E-state index in [0.29, 0.717) is 0 Å². The lowest BCUT2D eigenvalue weighted by molar-refractivity contribution is 0.570. The Bertz CT molecular complexity index is 423. The third kappa shape index (κ3) is 1.59. The molecule has 2 aromatic rings. The topological polar surface area (TPSA) is 12.9 Å². The van der Waals surface area contributed by atoms with Crippen LogP contribution in [0.15, 0.2) is 23.7 Å². The number of nitrogens with zero attached hydrogens (tertiary/aromatic N) is 1. The maximum Gasteiger partial charge on any atom is 0.0471 e. The van der Waals surface area contributed by atoms with E-state index in [1.165, 1.54) is 15.8 Å². The molecule has 0 amide bonds. The second-order valence-corrected chi connectivity index (χ2v) is 5.23. The van der Waals surface area contributed by atoms with E-state index in [4.69, 9.17) is 0 Å². The van der Waals surface area contributed by atoms with E-state index in [9.17, 15) is 0 Å². The zero-order valence-electron chi connectivity index (χ0n) is 8.16. The second kappa shape index (κ2) is 2.81.